The Labute approximate surface area is 209 Å². The minimum absolute atomic E-state index is 0. The van der Waals surface area contributed by atoms with Crippen LogP contribution in [0.1, 0.15) is 35.3 Å². The lowest BCUT2D eigenvalue weighted by Gasteiger charge is -2.37. The van der Waals surface area contributed by atoms with E-state index in [1.165, 1.54) is 4.90 Å². The third-order valence-corrected chi connectivity index (χ3v) is 5.96. The first-order valence-corrected chi connectivity index (χ1v) is 11.0. The average Bonchev–Trinajstić information content (AvgIpc) is 2.84. The number of rotatable bonds is 6. The third-order valence-electron chi connectivity index (χ3n) is 5.96. The van der Waals surface area contributed by atoms with Crippen LogP contribution >= 0.6 is 12.4 Å². The lowest BCUT2D eigenvalue weighted by atomic mass is 9.81. The summed E-state index contributed by atoms with van der Waals surface area (Å²) in [5, 5.41) is 14.8. The van der Waals surface area contributed by atoms with Crippen molar-refractivity contribution in [2.24, 2.45) is 11.7 Å². The van der Waals surface area contributed by atoms with Crippen LogP contribution in [0, 0.1) is 5.92 Å². The van der Waals surface area contributed by atoms with E-state index in [2.05, 4.69) is 15.6 Å². The molecule has 0 aliphatic heterocycles. The van der Waals surface area contributed by atoms with E-state index in [1.807, 2.05) is 6.07 Å². The molecule has 4 amide bonds. The van der Waals surface area contributed by atoms with Gasteiger partial charge in [0, 0.05) is 37.8 Å². The van der Waals surface area contributed by atoms with Crippen molar-refractivity contribution in [3.05, 3.63) is 53.9 Å². The molecule has 11 heteroatoms. The van der Waals surface area contributed by atoms with Crippen LogP contribution in [-0.2, 0) is 21.0 Å². The van der Waals surface area contributed by atoms with Crippen LogP contribution in [0.3, 0.4) is 0 Å². The van der Waals surface area contributed by atoms with Gasteiger partial charge in [-0.1, -0.05) is 12.1 Å². The molecule has 10 nitrogen and oxygen atoms in total. The Morgan fingerprint density at radius 3 is 2.31 bits per heavy atom. The number of nitrogens with two attached hydrogens (primary N) is 1. The van der Waals surface area contributed by atoms with E-state index in [0.29, 0.717) is 30.5 Å². The highest BCUT2D eigenvalue weighted by atomic mass is 35.5. The molecule has 5 N–H and O–H groups in total. The number of pyridine rings is 1. The quantitative estimate of drug-likeness (QED) is 0.423. The number of primary amides is 1. The maximum Gasteiger partial charge on any atom is 0.309 e. The molecule has 0 radical (unpaired) electrons. The highest BCUT2D eigenvalue weighted by molar-refractivity contribution is 6.34. The van der Waals surface area contributed by atoms with E-state index in [1.54, 1.807) is 50.6 Å². The normalized spacial score (nSPS) is 19.1. The van der Waals surface area contributed by atoms with E-state index in [-0.39, 0.29) is 36.7 Å². The minimum atomic E-state index is -1.10. The van der Waals surface area contributed by atoms with Gasteiger partial charge in [0.05, 0.1) is 18.3 Å². The predicted octanol–water partition coefficient (Wildman–Crippen LogP) is 0.620. The summed E-state index contributed by atoms with van der Waals surface area (Å²) in [6.07, 6.45) is 2.87. The first-order chi connectivity index (χ1) is 16.2. The molecule has 3 rings (SSSR count). The number of aromatic nitrogens is 1. The van der Waals surface area contributed by atoms with Gasteiger partial charge in [-0.2, -0.15) is 0 Å². The molecule has 1 aromatic heterocycles. The van der Waals surface area contributed by atoms with E-state index < -0.39 is 23.9 Å². The SMILES string of the molecule is CN(C)C(=O)[C@H]1CC[C@H](NC(=O)C(N)=O)[C@H](NC(=O)c2ccc(-c3ccnc(CO)c3)cc2)C1.Cl. The first kappa shape index (κ1) is 27.7. The van der Waals surface area contributed by atoms with Gasteiger partial charge in [0.1, 0.15) is 0 Å². The Balaban J connectivity index is 0.00000432. The van der Waals surface area contributed by atoms with E-state index in [9.17, 15) is 24.3 Å². The minimum Gasteiger partial charge on any atom is -0.390 e. The van der Waals surface area contributed by atoms with Crippen molar-refractivity contribution in [3.63, 3.8) is 0 Å². The fourth-order valence-electron chi connectivity index (χ4n) is 4.14. The Hall–Kier alpha value is -3.50. The summed E-state index contributed by atoms with van der Waals surface area (Å²) in [6.45, 7) is -0.166. The summed E-state index contributed by atoms with van der Waals surface area (Å²) in [5.74, 6) is -2.75. The van der Waals surface area contributed by atoms with Crippen LogP contribution in [-0.4, -0.2) is 64.8 Å². The number of hydrogen-bond acceptors (Lipinski definition) is 6. The second kappa shape index (κ2) is 12.3. The van der Waals surface area contributed by atoms with Gasteiger partial charge in [-0.15, -0.1) is 12.4 Å². The summed E-state index contributed by atoms with van der Waals surface area (Å²) in [7, 11) is 3.34. The molecule has 0 bridgehead atoms. The number of aliphatic hydroxyl groups is 1. The van der Waals surface area contributed by atoms with Gasteiger partial charge in [-0.05, 0) is 54.7 Å². The number of aliphatic hydroxyl groups excluding tert-OH is 1. The van der Waals surface area contributed by atoms with Crippen LogP contribution in [0.2, 0.25) is 0 Å². The summed E-state index contributed by atoms with van der Waals surface area (Å²) in [4.78, 5) is 54.1. The monoisotopic (exact) mass is 503 g/mol. The number of carbonyl (C=O) groups is 4. The van der Waals surface area contributed by atoms with Crippen molar-refractivity contribution in [1.29, 1.82) is 0 Å². The standard InChI is InChI=1S/C24H29N5O5.ClH/c1-29(2)24(34)17-7-8-19(27-23(33)21(25)31)20(12-17)28-22(32)15-5-3-14(4-6-15)16-9-10-26-18(11-16)13-30;/h3-6,9-11,17,19-20,30H,7-8,12-13H2,1-2H3,(H2,25,31)(H,27,33)(H,28,32);1H/t17-,19-,20+;/m0./s1. The lowest BCUT2D eigenvalue weighted by Crippen LogP contribution is -2.57. The molecule has 3 atom stereocenters. The summed E-state index contributed by atoms with van der Waals surface area (Å²) < 4.78 is 0. The second-order valence-corrected chi connectivity index (χ2v) is 8.54. The molecule has 0 spiro atoms. The van der Waals surface area contributed by atoms with Crippen LogP contribution in [0.5, 0.6) is 0 Å². The Kier molecular flexibility index (Phi) is 9.73. The molecule has 1 saturated carbocycles. The second-order valence-electron chi connectivity index (χ2n) is 8.54. The summed E-state index contributed by atoms with van der Waals surface area (Å²) >= 11 is 0. The van der Waals surface area contributed by atoms with Crippen molar-refractivity contribution >= 4 is 36.0 Å². The molecule has 0 unspecified atom stereocenters. The van der Waals surface area contributed by atoms with Crippen molar-refractivity contribution in [1.82, 2.24) is 20.5 Å². The van der Waals surface area contributed by atoms with E-state index in [4.69, 9.17) is 5.73 Å². The molecule has 35 heavy (non-hydrogen) atoms. The number of hydrogen-bond donors (Lipinski definition) is 4. The molecular formula is C24H30ClN5O5. The summed E-state index contributed by atoms with van der Waals surface area (Å²) in [6, 6.07) is 9.43. The van der Waals surface area contributed by atoms with Crippen LogP contribution in [0.15, 0.2) is 42.6 Å². The number of nitrogens with one attached hydrogen (secondary N) is 2. The maximum atomic E-state index is 13.0. The number of nitrogens with zero attached hydrogens (tertiary/aromatic N) is 2. The molecular weight excluding hydrogens is 474 g/mol. The zero-order valence-corrected chi connectivity index (χ0v) is 20.4. The van der Waals surface area contributed by atoms with Gasteiger partial charge < -0.3 is 26.4 Å². The largest absolute Gasteiger partial charge is 0.390 e. The Bertz CT molecular complexity index is 1080. The molecule has 1 fully saturated rings. The van der Waals surface area contributed by atoms with Gasteiger partial charge in [0.15, 0.2) is 0 Å². The van der Waals surface area contributed by atoms with Gasteiger partial charge in [-0.3, -0.25) is 24.2 Å². The van der Waals surface area contributed by atoms with Gasteiger partial charge in [-0.25, -0.2) is 0 Å². The maximum absolute atomic E-state index is 13.0. The van der Waals surface area contributed by atoms with Crippen molar-refractivity contribution in [3.8, 4) is 11.1 Å². The lowest BCUT2D eigenvalue weighted by molar-refractivity contribution is -0.138. The summed E-state index contributed by atoms with van der Waals surface area (Å²) in [5.41, 5.74) is 7.73. The zero-order chi connectivity index (χ0) is 24.8. The zero-order valence-electron chi connectivity index (χ0n) is 19.6. The Morgan fingerprint density at radius 1 is 1.03 bits per heavy atom. The van der Waals surface area contributed by atoms with Crippen molar-refractivity contribution in [2.75, 3.05) is 14.1 Å². The number of carbonyl (C=O) groups excluding carboxylic acids is 4. The first-order valence-electron chi connectivity index (χ1n) is 11.0. The predicted molar refractivity (Wildman–Crippen MR) is 131 cm³/mol. The van der Waals surface area contributed by atoms with E-state index in [0.717, 1.165) is 11.1 Å². The fourth-order valence-corrected chi connectivity index (χ4v) is 4.14. The van der Waals surface area contributed by atoms with Gasteiger partial charge in [0.25, 0.3) is 5.91 Å². The number of benzene rings is 1. The molecule has 1 heterocycles. The number of amides is 4. The van der Waals surface area contributed by atoms with Gasteiger partial charge >= 0.3 is 11.8 Å². The number of halogens is 1. The Morgan fingerprint density at radius 2 is 1.71 bits per heavy atom. The fraction of sp³-hybridized carbons (Fsp3) is 0.375. The highest BCUT2D eigenvalue weighted by Crippen LogP contribution is 2.27. The highest BCUT2D eigenvalue weighted by Gasteiger charge is 2.36. The average molecular weight is 504 g/mol. The van der Waals surface area contributed by atoms with Crippen LogP contribution < -0.4 is 16.4 Å². The van der Waals surface area contributed by atoms with E-state index >= 15 is 0 Å². The van der Waals surface area contributed by atoms with Crippen molar-refractivity contribution < 1.29 is 24.3 Å². The van der Waals surface area contributed by atoms with Crippen molar-refractivity contribution in [2.45, 2.75) is 38.0 Å². The molecule has 0 saturated heterocycles. The molecule has 1 aliphatic carbocycles. The third kappa shape index (κ3) is 7.00. The molecule has 1 aromatic carbocycles. The molecule has 2 aromatic rings. The molecule has 1 aliphatic rings. The molecule has 188 valence electrons. The van der Waals surface area contributed by atoms with Crippen LogP contribution in [0.25, 0.3) is 11.1 Å². The van der Waals surface area contributed by atoms with Gasteiger partial charge in [0.2, 0.25) is 5.91 Å². The smallest absolute Gasteiger partial charge is 0.309 e. The topological polar surface area (TPSA) is 155 Å². The van der Waals surface area contributed by atoms with Crippen LogP contribution in [0.4, 0.5) is 0 Å².